The average molecular weight is 313 g/mol. The minimum absolute atomic E-state index is 0.106. The number of carbonyl (C=O) groups excluding carboxylic acids is 1. The summed E-state index contributed by atoms with van der Waals surface area (Å²) >= 11 is 6.02. The van der Waals surface area contributed by atoms with Gasteiger partial charge in [0.15, 0.2) is 0 Å². The van der Waals surface area contributed by atoms with Crippen LogP contribution in [0.1, 0.15) is 32.6 Å². The van der Waals surface area contributed by atoms with E-state index in [4.69, 9.17) is 21.1 Å². The first kappa shape index (κ1) is 16.1. The van der Waals surface area contributed by atoms with Crippen molar-refractivity contribution >= 4 is 17.6 Å². The highest BCUT2D eigenvalue weighted by molar-refractivity contribution is 6.32. The van der Waals surface area contributed by atoms with Crippen LogP contribution in [0.2, 0.25) is 5.02 Å². The number of aliphatic hydroxyl groups is 1. The number of carbonyl (C=O) groups is 1. The first-order chi connectivity index (χ1) is 10.0. The van der Waals surface area contributed by atoms with Crippen LogP contribution in [0.3, 0.4) is 0 Å². The molecule has 0 bridgehead atoms. The van der Waals surface area contributed by atoms with Gasteiger partial charge in [-0.25, -0.2) is 0 Å². The van der Waals surface area contributed by atoms with Crippen LogP contribution in [-0.4, -0.2) is 29.9 Å². The van der Waals surface area contributed by atoms with Gasteiger partial charge >= 0.3 is 5.97 Å². The van der Waals surface area contributed by atoms with Crippen molar-refractivity contribution in [2.75, 3.05) is 13.2 Å². The molecule has 116 valence electrons. The molecule has 0 aromatic heterocycles. The Labute approximate surface area is 130 Å². The van der Waals surface area contributed by atoms with Crippen LogP contribution >= 0.6 is 11.6 Å². The zero-order valence-electron chi connectivity index (χ0n) is 12.2. The van der Waals surface area contributed by atoms with E-state index in [0.717, 1.165) is 0 Å². The van der Waals surface area contributed by atoms with Crippen molar-refractivity contribution in [1.82, 2.24) is 0 Å². The number of ether oxygens (including phenoxy) is 2. The predicted octanol–water partition coefficient (Wildman–Crippen LogP) is 3.20. The molecule has 1 aromatic rings. The molecule has 0 aliphatic heterocycles. The molecule has 21 heavy (non-hydrogen) atoms. The van der Waals surface area contributed by atoms with Crippen molar-refractivity contribution in [3.05, 3.63) is 29.3 Å². The molecule has 2 rings (SSSR count). The Hall–Kier alpha value is -1.26. The zero-order valence-corrected chi connectivity index (χ0v) is 12.9. The zero-order chi connectivity index (χ0) is 15.3. The molecule has 1 aromatic carbocycles. The topological polar surface area (TPSA) is 55.8 Å². The lowest BCUT2D eigenvalue weighted by Crippen LogP contribution is -2.41. The molecule has 0 atom stereocenters. The van der Waals surface area contributed by atoms with Gasteiger partial charge in [0, 0.05) is 0 Å². The minimum atomic E-state index is -0.901. The number of para-hydroxylation sites is 1. The summed E-state index contributed by atoms with van der Waals surface area (Å²) in [5.41, 5.74) is -0.901. The van der Waals surface area contributed by atoms with Gasteiger partial charge in [-0.15, -0.1) is 0 Å². The molecule has 1 aliphatic carbocycles. The smallest absolute Gasteiger partial charge is 0.308 e. The molecule has 0 heterocycles. The monoisotopic (exact) mass is 312 g/mol. The maximum Gasteiger partial charge on any atom is 0.308 e. The molecule has 1 N–H and O–H groups in total. The highest BCUT2D eigenvalue weighted by Gasteiger charge is 2.37. The Kier molecular flexibility index (Phi) is 5.48. The van der Waals surface area contributed by atoms with E-state index >= 15 is 0 Å². The molecule has 1 saturated carbocycles. The van der Waals surface area contributed by atoms with E-state index in [1.807, 2.05) is 12.1 Å². The van der Waals surface area contributed by atoms with Crippen LogP contribution in [-0.2, 0) is 9.53 Å². The van der Waals surface area contributed by atoms with Crippen molar-refractivity contribution in [2.45, 2.75) is 38.2 Å². The summed E-state index contributed by atoms with van der Waals surface area (Å²) in [5, 5.41) is 11.1. The Morgan fingerprint density at radius 2 is 2.05 bits per heavy atom. The van der Waals surface area contributed by atoms with Gasteiger partial charge in [-0.3, -0.25) is 4.79 Å². The molecule has 4 nitrogen and oxygen atoms in total. The minimum Gasteiger partial charge on any atom is -0.489 e. The Balaban J connectivity index is 1.85. The van der Waals surface area contributed by atoms with E-state index in [1.165, 1.54) is 0 Å². The maximum absolute atomic E-state index is 11.7. The SMILES string of the molecule is CCOC(=O)C1CCC(O)(COc2ccccc2Cl)CC1. The molecule has 1 fully saturated rings. The summed E-state index contributed by atoms with van der Waals surface area (Å²) < 4.78 is 10.6. The lowest BCUT2D eigenvalue weighted by molar-refractivity contribution is -0.151. The number of esters is 1. The first-order valence-electron chi connectivity index (χ1n) is 7.30. The van der Waals surface area contributed by atoms with Crippen LogP contribution in [0.5, 0.6) is 5.75 Å². The van der Waals surface area contributed by atoms with Crippen LogP contribution < -0.4 is 4.74 Å². The van der Waals surface area contributed by atoms with Crippen LogP contribution in [0.4, 0.5) is 0 Å². The van der Waals surface area contributed by atoms with Crippen molar-refractivity contribution in [1.29, 1.82) is 0 Å². The molecule has 5 heteroatoms. The summed E-state index contributed by atoms with van der Waals surface area (Å²) in [4.78, 5) is 11.7. The maximum atomic E-state index is 11.7. The van der Waals surface area contributed by atoms with Gasteiger partial charge in [-0.2, -0.15) is 0 Å². The third-order valence-electron chi connectivity index (χ3n) is 3.87. The first-order valence-corrected chi connectivity index (χ1v) is 7.68. The molecule has 0 unspecified atom stereocenters. The van der Waals surface area contributed by atoms with E-state index in [0.29, 0.717) is 43.1 Å². The molecule has 0 spiro atoms. The second-order valence-corrected chi connectivity index (χ2v) is 5.88. The highest BCUT2D eigenvalue weighted by Crippen LogP contribution is 2.34. The number of rotatable bonds is 5. The second kappa shape index (κ2) is 7.14. The van der Waals surface area contributed by atoms with E-state index in [2.05, 4.69) is 0 Å². The van der Waals surface area contributed by atoms with Gasteiger partial charge in [-0.05, 0) is 44.7 Å². The number of hydrogen-bond donors (Lipinski definition) is 1. The van der Waals surface area contributed by atoms with Crippen molar-refractivity contribution in [2.24, 2.45) is 5.92 Å². The Morgan fingerprint density at radius 3 is 2.67 bits per heavy atom. The fourth-order valence-corrected chi connectivity index (χ4v) is 2.76. The van der Waals surface area contributed by atoms with E-state index in [-0.39, 0.29) is 18.5 Å². The third kappa shape index (κ3) is 4.35. The molecule has 0 radical (unpaired) electrons. The lowest BCUT2D eigenvalue weighted by atomic mass is 9.79. The van der Waals surface area contributed by atoms with E-state index < -0.39 is 5.60 Å². The number of benzene rings is 1. The van der Waals surface area contributed by atoms with Gasteiger partial charge in [0.05, 0.1) is 23.1 Å². The van der Waals surface area contributed by atoms with Crippen LogP contribution in [0.25, 0.3) is 0 Å². The third-order valence-corrected chi connectivity index (χ3v) is 4.18. The molecule has 0 saturated heterocycles. The Morgan fingerprint density at radius 1 is 1.38 bits per heavy atom. The summed E-state index contributed by atoms with van der Waals surface area (Å²) in [6.45, 7) is 2.38. The van der Waals surface area contributed by atoms with Crippen molar-refractivity contribution in [3.63, 3.8) is 0 Å². The Bertz CT molecular complexity index is 481. The average Bonchev–Trinajstić information content (AvgIpc) is 2.47. The lowest BCUT2D eigenvalue weighted by Gasteiger charge is -2.34. The summed E-state index contributed by atoms with van der Waals surface area (Å²) in [6.07, 6.45) is 2.31. The predicted molar refractivity (Wildman–Crippen MR) is 80.5 cm³/mol. The van der Waals surface area contributed by atoms with Gasteiger partial charge in [0.1, 0.15) is 12.4 Å². The fraction of sp³-hybridized carbons (Fsp3) is 0.562. The quantitative estimate of drug-likeness (QED) is 0.848. The summed E-state index contributed by atoms with van der Waals surface area (Å²) in [7, 11) is 0. The van der Waals surface area contributed by atoms with Gasteiger partial charge in [0.2, 0.25) is 0 Å². The van der Waals surface area contributed by atoms with E-state index in [9.17, 15) is 9.90 Å². The van der Waals surface area contributed by atoms with Gasteiger partial charge in [0.25, 0.3) is 0 Å². The molecular formula is C16H21ClO4. The van der Waals surface area contributed by atoms with E-state index in [1.54, 1.807) is 19.1 Å². The summed E-state index contributed by atoms with van der Waals surface area (Å²) in [5.74, 6) is 0.303. The molecule has 1 aliphatic rings. The van der Waals surface area contributed by atoms with Crippen LogP contribution in [0.15, 0.2) is 24.3 Å². The normalized spacial score (nSPS) is 25.4. The summed E-state index contributed by atoms with van der Waals surface area (Å²) in [6, 6.07) is 7.19. The molecule has 0 amide bonds. The molecular weight excluding hydrogens is 292 g/mol. The fourth-order valence-electron chi connectivity index (χ4n) is 2.57. The highest BCUT2D eigenvalue weighted by atomic mass is 35.5. The van der Waals surface area contributed by atoms with Gasteiger partial charge < -0.3 is 14.6 Å². The van der Waals surface area contributed by atoms with Crippen LogP contribution in [0, 0.1) is 5.92 Å². The van der Waals surface area contributed by atoms with Gasteiger partial charge in [-0.1, -0.05) is 23.7 Å². The van der Waals surface area contributed by atoms with Crippen molar-refractivity contribution in [3.8, 4) is 5.75 Å². The number of hydrogen-bond acceptors (Lipinski definition) is 4. The standard InChI is InChI=1S/C16H21ClO4/c1-2-20-15(18)12-7-9-16(19,10-8-12)11-21-14-6-4-3-5-13(14)17/h3-6,12,19H,2,7-11H2,1H3. The number of halogens is 1. The van der Waals surface area contributed by atoms with Crippen molar-refractivity contribution < 1.29 is 19.4 Å². The second-order valence-electron chi connectivity index (χ2n) is 5.47. The largest absolute Gasteiger partial charge is 0.489 e.